The van der Waals surface area contributed by atoms with Crippen LogP contribution in [0.3, 0.4) is 0 Å². The van der Waals surface area contributed by atoms with Gasteiger partial charge in [0.05, 0.1) is 6.04 Å². The summed E-state index contributed by atoms with van der Waals surface area (Å²) >= 11 is 0. The van der Waals surface area contributed by atoms with E-state index in [4.69, 9.17) is 5.11 Å². The number of fused-ring (bicyclic) bond motifs is 1. The van der Waals surface area contributed by atoms with E-state index in [1.807, 2.05) is 24.3 Å². The summed E-state index contributed by atoms with van der Waals surface area (Å²) in [5.74, 6) is -1.04. The van der Waals surface area contributed by atoms with Crippen molar-refractivity contribution in [3.05, 3.63) is 35.4 Å². The molecule has 0 radical (unpaired) electrons. The minimum atomic E-state index is -0.933. The molecular weight excluding hydrogens is 256 g/mol. The molecule has 0 saturated heterocycles. The predicted molar refractivity (Wildman–Crippen MR) is 73.1 cm³/mol. The van der Waals surface area contributed by atoms with E-state index < -0.39 is 12.0 Å². The predicted octanol–water partition coefficient (Wildman–Crippen LogP) is 0.680. The van der Waals surface area contributed by atoms with Crippen molar-refractivity contribution in [2.75, 3.05) is 0 Å². The van der Waals surface area contributed by atoms with Gasteiger partial charge in [0.25, 0.3) is 0 Å². The van der Waals surface area contributed by atoms with Crippen molar-refractivity contribution in [1.82, 2.24) is 10.6 Å². The molecular formula is C15H18N2O3. The van der Waals surface area contributed by atoms with Gasteiger partial charge < -0.3 is 15.7 Å². The molecule has 1 aliphatic carbocycles. The maximum Gasteiger partial charge on any atom is 0.326 e. The van der Waals surface area contributed by atoms with E-state index in [1.165, 1.54) is 5.56 Å². The average Bonchev–Trinajstić information content (AvgIpc) is 3.28. The second-order valence-corrected chi connectivity index (χ2v) is 5.57. The van der Waals surface area contributed by atoms with E-state index >= 15 is 0 Å². The van der Waals surface area contributed by atoms with Gasteiger partial charge in [-0.25, -0.2) is 4.79 Å². The molecule has 5 heteroatoms. The Morgan fingerprint density at radius 1 is 1.25 bits per heavy atom. The van der Waals surface area contributed by atoms with Crippen LogP contribution >= 0.6 is 0 Å². The van der Waals surface area contributed by atoms with E-state index in [-0.39, 0.29) is 17.9 Å². The molecule has 1 amide bonds. The summed E-state index contributed by atoms with van der Waals surface area (Å²) < 4.78 is 0. The van der Waals surface area contributed by atoms with Crippen LogP contribution in [0.2, 0.25) is 0 Å². The molecule has 2 atom stereocenters. The molecule has 0 bridgehead atoms. The Morgan fingerprint density at radius 2 is 1.95 bits per heavy atom. The van der Waals surface area contributed by atoms with Gasteiger partial charge in [-0.2, -0.15) is 0 Å². The van der Waals surface area contributed by atoms with E-state index in [1.54, 1.807) is 0 Å². The maximum absolute atomic E-state index is 12.2. The SMILES string of the molecule is O=C(O)C(NC(=O)[C@H]1Cc2ccccc2CN1)C1CC1. The molecule has 1 heterocycles. The lowest BCUT2D eigenvalue weighted by molar-refractivity contribution is -0.142. The number of benzene rings is 1. The Labute approximate surface area is 117 Å². The summed E-state index contributed by atoms with van der Waals surface area (Å²) in [6.45, 7) is 0.648. The first-order valence-corrected chi connectivity index (χ1v) is 6.98. The number of carbonyl (C=O) groups is 2. The lowest BCUT2D eigenvalue weighted by Gasteiger charge is -2.26. The van der Waals surface area contributed by atoms with E-state index in [2.05, 4.69) is 10.6 Å². The number of carboxylic acid groups (broad SMARTS) is 1. The number of carboxylic acids is 1. The van der Waals surface area contributed by atoms with Crippen molar-refractivity contribution >= 4 is 11.9 Å². The Hall–Kier alpha value is -1.88. The highest BCUT2D eigenvalue weighted by Gasteiger charge is 2.38. The van der Waals surface area contributed by atoms with Crippen LogP contribution in [0.25, 0.3) is 0 Å². The standard InChI is InChI=1S/C15H18N2O3/c18-14(17-13(15(19)20)9-5-6-9)12-7-10-3-1-2-4-11(10)8-16-12/h1-4,9,12-13,16H,5-8H2,(H,17,18)(H,19,20)/t12-,13?/m1/s1. The van der Waals surface area contributed by atoms with Gasteiger partial charge in [-0.1, -0.05) is 24.3 Å². The molecule has 1 unspecified atom stereocenters. The first-order valence-electron chi connectivity index (χ1n) is 6.98. The van der Waals surface area contributed by atoms with Crippen molar-refractivity contribution in [2.45, 2.75) is 37.9 Å². The molecule has 0 aromatic heterocycles. The summed E-state index contributed by atoms with van der Waals surface area (Å²) in [5, 5.41) is 15.0. The number of hydrogen-bond acceptors (Lipinski definition) is 3. The Balaban J connectivity index is 1.65. The zero-order chi connectivity index (χ0) is 14.1. The van der Waals surface area contributed by atoms with Gasteiger partial charge in [-0.15, -0.1) is 0 Å². The first-order chi connectivity index (χ1) is 9.65. The molecule has 1 aromatic rings. The molecule has 2 aliphatic rings. The van der Waals surface area contributed by atoms with E-state index in [0.29, 0.717) is 13.0 Å². The van der Waals surface area contributed by atoms with Crippen molar-refractivity contribution in [2.24, 2.45) is 5.92 Å². The fourth-order valence-electron chi connectivity index (χ4n) is 2.70. The summed E-state index contributed by atoms with van der Waals surface area (Å²) in [6, 6.07) is 6.93. The van der Waals surface area contributed by atoms with Crippen LogP contribution in [0.4, 0.5) is 0 Å². The zero-order valence-electron chi connectivity index (χ0n) is 11.1. The molecule has 5 nitrogen and oxygen atoms in total. The largest absolute Gasteiger partial charge is 0.480 e. The van der Waals surface area contributed by atoms with Crippen LogP contribution in [0, 0.1) is 5.92 Å². The summed E-state index contributed by atoms with van der Waals surface area (Å²) in [7, 11) is 0. The summed E-state index contributed by atoms with van der Waals surface area (Å²) in [4.78, 5) is 23.4. The zero-order valence-corrected chi connectivity index (χ0v) is 11.1. The van der Waals surface area contributed by atoms with Gasteiger partial charge in [-0.05, 0) is 36.3 Å². The van der Waals surface area contributed by atoms with Crippen LogP contribution in [-0.4, -0.2) is 29.1 Å². The van der Waals surface area contributed by atoms with Gasteiger partial charge >= 0.3 is 5.97 Å². The third-order valence-corrected chi connectivity index (χ3v) is 4.06. The third-order valence-electron chi connectivity index (χ3n) is 4.06. The lowest BCUT2D eigenvalue weighted by atomic mass is 9.95. The Morgan fingerprint density at radius 3 is 2.60 bits per heavy atom. The lowest BCUT2D eigenvalue weighted by Crippen LogP contribution is -2.52. The average molecular weight is 274 g/mol. The number of carbonyl (C=O) groups excluding carboxylic acids is 1. The molecule has 1 aromatic carbocycles. The van der Waals surface area contributed by atoms with Gasteiger partial charge in [0.15, 0.2) is 0 Å². The maximum atomic E-state index is 12.2. The highest BCUT2D eigenvalue weighted by Crippen LogP contribution is 2.32. The minimum Gasteiger partial charge on any atom is -0.480 e. The molecule has 1 fully saturated rings. The van der Waals surface area contributed by atoms with Crippen molar-refractivity contribution in [3.8, 4) is 0 Å². The number of aliphatic carboxylic acids is 1. The third kappa shape index (κ3) is 2.67. The van der Waals surface area contributed by atoms with E-state index in [9.17, 15) is 9.59 Å². The molecule has 1 saturated carbocycles. The molecule has 0 spiro atoms. The van der Waals surface area contributed by atoms with Gasteiger partial charge in [-0.3, -0.25) is 4.79 Å². The minimum absolute atomic E-state index is 0.104. The van der Waals surface area contributed by atoms with E-state index in [0.717, 1.165) is 18.4 Å². The highest BCUT2D eigenvalue weighted by atomic mass is 16.4. The number of hydrogen-bond donors (Lipinski definition) is 3. The normalized spacial score (nSPS) is 22.7. The molecule has 20 heavy (non-hydrogen) atoms. The van der Waals surface area contributed by atoms with Crippen LogP contribution in [0.1, 0.15) is 24.0 Å². The van der Waals surface area contributed by atoms with Crippen molar-refractivity contribution in [3.63, 3.8) is 0 Å². The first kappa shape index (κ1) is 13.1. The number of rotatable bonds is 4. The van der Waals surface area contributed by atoms with Crippen LogP contribution in [0.5, 0.6) is 0 Å². The number of nitrogens with one attached hydrogen (secondary N) is 2. The highest BCUT2D eigenvalue weighted by molar-refractivity contribution is 5.87. The van der Waals surface area contributed by atoms with Crippen LogP contribution < -0.4 is 10.6 Å². The number of amides is 1. The van der Waals surface area contributed by atoms with Gasteiger partial charge in [0, 0.05) is 6.54 Å². The smallest absolute Gasteiger partial charge is 0.326 e. The molecule has 3 rings (SSSR count). The Kier molecular flexibility index (Phi) is 3.44. The van der Waals surface area contributed by atoms with Gasteiger partial charge in [0.1, 0.15) is 6.04 Å². The summed E-state index contributed by atoms with van der Waals surface area (Å²) in [6.07, 6.45) is 2.38. The van der Waals surface area contributed by atoms with Gasteiger partial charge in [0.2, 0.25) is 5.91 Å². The fourth-order valence-corrected chi connectivity index (χ4v) is 2.70. The molecule has 106 valence electrons. The molecule has 3 N–H and O–H groups in total. The van der Waals surface area contributed by atoms with Crippen LogP contribution in [0.15, 0.2) is 24.3 Å². The quantitative estimate of drug-likeness (QED) is 0.754. The molecule has 1 aliphatic heterocycles. The topological polar surface area (TPSA) is 78.4 Å². The second kappa shape index (κ2) is 5.25. The summed E-state index contributed by atoms with van der Waals surface area (Å²) in [5.41, 5.74) is 2.36. The van der Waals surface area contributed by atoms with Crippen LogP contribution in [-0.2, 0) is 22.6 Å². The van der Waals surface area contributed by atoms with Crippen molar-refractivity contribution in [1.29, 1.82) is 0 Å². The Bertz CT molecular complexity index is 540. The fraction of sp³-hybridized carbons (Fsp3) is 0.467. The monoisotopic (exact) mass is 274 g/mol. The second-order valence-electron chi connectivity index (χ2n) is 5.57. The van der Waals surface area contributed by atoms with Crippen molar-refractivity contribution < 1.29 is 14.7 Å².